The zero-order chi connectivity index (χ0) is 19.6. The Morgan fingerprint density at radius 1 is 1.11 bits per heavy atom. The number of aryl methyl sites for hydroxylation is 2. The fourth-order valence-electron chi connectivity index (χ4n) is 2.90. The van der Waals surface area contributed by atoms with Crippen molar-refractivity contribution in [3.63, 3.8) is 0 Å². The Kier molecular flexibility index (Phi) is 5.55. The molecule has 2 aromatic heterocycles. The van der Waals surface area contributed by atoms with Gasteiger partial charge in [0.1, 0.15) is 29.1 Å². The normalized spacial score (nSPS) is 11.9. The van der Waals surface area contributed by atoms with E-state index in [0.717, 1.165) is 10.0 Å². The smallest absolute Gasteiger partial charge is 0.268 e. The second-order valence-corrected chi connectivity index (χ2v) is 7.02. The van der Waals surface area contributed by atoms with Crippen molar-refractivity contribution in [2.75, 3.05) is 14.2 Å². The van der Waals surface area contributed by atoms with Gasteiger partial charge in [0.2, 0.25) is 0 Å². The first-order valence-electron chi connectivity index (χ1n) is 8.26. The molecule has 0 aliphatic heterocycles. The second-order valence-electron chi connectivity index (χ2n) is 6.10. The quantitative estimate of drug-likeness (QED) is 0.649. The number of hydrogen-bond donors (Lipinski definition) is 1. The van der Waals surface area contributed by atoms with Crippen molar-refractivity contribution in [3.8, 4) is 11.5 Å². The molecule has 0 aliphatic rings. The van der Waals surface area contributed by atoms with Crippen LogP contribution in [0.15, 0.2) is 47.3 Å². The second kappa shape index (κ2) is 7.87. The van der Waals surface area contributed by atoms with E-state index >= 15 is 0 Å². The van der Waals surface area contributed by atoms with Crippen LogP contribution >= 0.6 is 15.9 Å². The maximum absolute atomic E-state index is 12.9. The molecular formula is C19H21BrN4O3. The Hall–Kier alpha value is -2.74. The SMILES string of the molecule is COc1cc(OC)cc(C(NC(=O)c2cc(Br)cn2C)c2nccn2C)c1. The third kappa shape index (κ3) is 4.00. The highest BCUT2D eigenvalue weighted by atomic mass is 79.9. The van der Waals surface area contributed by atoms with E-state index < -0.39 is 6.04 Å². The third-order valence-electron chi connectivity index (χ3n) is 4.30. The number of nitrogens with one attached hydrogen (secondary N) is 1. The maximum atomic E-state index is 12.9. The third-order valence-corrected chi connectivity index (χ3v) is 4.74. The number of carbonyl (C=O) groups is 1. The topological polar surface area (TPSA) is 70.3 Å². The van der Waals surface area contributed by atoms with Crippen LogP contribution in [0.5, 0.6) is 11.5 Å². The summed E-state index contributed by atoms with van der Waals surface area (Å²) in [5.41, 5.74) is 1.35. The molecular weight excluding hydrogens is 412 g/mol. The lowest BCUT2D eigenvalue weighted by atomic mass is 10.0. The number of methoxy groups -OCH3 is 2. The van der Waals surface area contributed by atoms with Gasteiger partial charge in [0.15, 0.2) is 0 Å². The van der Waals surface area contributed by atoms with Gasteiger partial charge in [0.05, 0.1) is 14.2 Å². The van der Waals surface area contributed by atoms with Gasteiger partial charge in [-0.1, -0.05) is 0 Å². The van der Waals surface area contributed by atoms with Gasteiger partial charge in [-0.2, -0.15) is 0 Å². The molecule has 142 valence electrons. The van der Waals surface area contributed by atoms with E-state index in [-0.39, 0.29) is 5.91 Å². The molecule has 0 saturated carbocycles. The first kappa shape index (κ1) is 19.0. The number of rotatable bonds is 6. The Bertz CT molecular complexity index is 942. The van der Waals surface area contributed by atoms with E-state index in [2.05, 4.69) is 26.2 Å². The summed E-state index contributed by atoms with van der Waals surface area (Å²) in [5.74, 6) is 1.77. The summed E-state index contributed by atoms with van der Waals surface area (Å²) in [5, 5.41) is 3.07. The molecule has 27 heavy (non-hydrogen) atoms. The average Bonchev–Trinajstić information content (AvgIpc) is 3.23. The molecule has 0 fully saturated rings. The highest BCUT2D eigenvalue weighted by Crippen LogP contribution is 2.29. The van der Waals surface area contributed by atoms with Crippen LogP contribution in [0.25, 0.3) is 0 Å². The summed E-state index contributed by atoms with van der Waals surface area (Å²) in [6, 6.07) is 6.81. The molecule has 3 rings (SSSR count). The van der Waals surface area contributed by atoms with Crippen molar-refractivity contribution < 1.29 is 14.3 Å². The number of imidazole rings is 1. The number of amides is 1. The number of nitrogens with zero attached hydrogens (tertiary/aromatic N) is 3. The summed E-state index contributed by atoms with van der Waals surface area (Å²) in [6.45, 7) is 0. The molecule has 1 N–H and O–H groups in total. The maximum Gasteiger partial charge on any atom is 0.268 e. The zero-order valence-corrected chi connectivity index (χ0v) is 17.1. The van der Waals surface area contributed by atoms with Gasteiger partial charge in [0, 0.05) is 43.2 Å². The van der Waals surface area contributed by atoms with Gasteiger partial charge in [-0.25, -0.2) is 4.98 Å². The largest absolute Gasteiger partial charge is 0.497 e. The molecule has 0 spiro atoms. The highest BCUT2D eigenvalue weighted by molar-refractivity contribution is 9.10. The van der Waals surface area contributed by atoms with Crippen molar-refractivity contribution in [1.29, 1.82) is 0 Å². The van der Waals surface area contributed by atoms with Crippen LogP contribution in [0.1, 0.15) is 27.9 Å². The molecule has 0 radical (unpaired) electrons. The Balaban J connectivity index is 2.04. The lowest BCUT2D eigenvalue weighted by Gasteiger charge is -2.20. The fourth-order valence-corrected chi connectivity index (χ4v) is 3.43. The van der Waals surface area contributed by atoms with Crippen LogP contribution in [0.3, 0.4) is 0 Å². The fraction of sp³-hybridized carbons (Fsp3) is 0.263. The van der Waals surface area contributed by atoms with E-state index in [0.29, 0.717) is 23.0 Å². The van der Waals surface area contributed by atoms with Gasteiger partial charge in [-0.05, 0) is 39.7 Å². The summed E-state index contributed by atoms with van der Waals surface area (Å²) in [7, 11) is 6.89. The van der Waals surface area contributed by atoms with Gasteiger partial charge >= 0.3 is 0 Å². The monoisotopic (exact) mass is 432 g/mol. The number of carbonyl (C=O) groups excluding carboxylic acids is 1. The lowest BCUT2D eigenvalue weighted by molar-refractivity contribution is 0.0933. The van der Waals surface area contributed by atoms with Crippen molar-refractivity contribution in [1.82, 2.24) is 19.4 Å². The molecule has 3 aromatic rings. The van der Waals surface area contributed by atoms with Gasteiger partial charge in [0.25, 0.3) is 5.91 Å². The number of ether oxygens (including phenoxy) is 2. The van der Waals surface area contributed by atoms with Crippen LogP contribution in [0.4, 0.5) is 0 Å². The van der Waals surface area contributed by atoms with Crippen LogP contribution in [0.2, 0.25) is 0 Å². The minimum absolute atomic E-state index is 0.210. The van der Waals surface area contributed by atoms with E-state index in [1.165, 1.54) is 0 Å². The van der Waals surface area contributed by atoms with Crippen molar-refractivity contribution in [2.24, 2.45) is 14.1 Å². The van der Waals surface area contributed by atoms with Crippen LogP contribution in [-0.2, 0) is 14.1 Å². The predicted molar refractivity (Wildman–Crippen MR) is 105 cm³/mol. The zero-order valence-electron chi connectivity index (χ0n) is 15.6. The molecule has 1 unspecified atom stereocenters. The average molecular weight is 433 g/mol. The number of benzene rings is 1. The first-order valence-corrected chi connectivity index (χ1v) is 9.05. The molecule has 7 nitrogen and oxygen atoms in total. The summed E-state index contributed by atoms with van der Waals surface area (Å²) in [6.07, 6.45) is 5.37. The number of hydrogen-bond acceptors (Lipinski definition) is 4. The van der Waals surface area contributed by atoms with Crippen LogP contribution in [0, 0.1) is 0 Å². The lowest BCUT2D eigenvalue weighted by Crippen LogP contribution is -2.32. The molecule has 8 heteroatoms. The Labute approximate surface area is 166 Å². The molecule has 1 amide bonds. The van der Waals surface area contributed by atoms with E-state index in [9.17, 15) is 4.79 Å². The molecule has 0 bridgehead atoms. The van der Waals surface area contributed by atoms with E-state index in [1.54, 1.807) is 37.1 Å². The van der Waals surface area contributed by atoms with E-state index in [1.807, 2.05) is 43.2 Å². The van der Waals surface area contributed by atoms with Crippen molar-refractivity contribution in [2.45, 2.75) is 6.04 Å². The number of halogens is 1. The summed E-state index contributed by atoms with van der Waals surface area (Å²) >= 11 is 3.40. The van der Waals surface area contributed by atoms with Gasteiger partial charge in [-0.15, -0.1) is 0 Å². The molecule has 0 saturated heterocycles. The van der Waals surface area contributed by atoms with Gasteiger partial charge in [-0.3, -0.25) is 4.79 Å². The summed E-state index contributed by atoms with van der Waals surface area (Å²) < 4.78 is 15.2. The van der Waals surface area contributed by atoms with Crippen molar-refractivity contribution in [3.05, 3.63) is 64.4 Å². The standard InChI is InChI=1S/C19H21BrN4O3/c1-23-6-5-21-18(23)17(12-7-14(26-3)10-15(8-12)27-4)22-19(25)16-9-13(20)11-24(16)2/h5-11,17H,1-4H3,(H,22,25). The molecule has 1 atom stereocenters. The molecule has 0 aliphatic carbocycles. The minimum Gasteiger partial charge on any atom is -0.497 e. The summed E-state index contributed by atoms with van der Waals surface area (Å²) in [4.78, 5) is 17.4. The number of aromatic nitrogens is 3. The van der Waals surface area contributed by atoms with Gasteiger partial charge < -0.3 is 23.9 Å². The highest BCUT2D eigenvalue weighted by Gasteiger charge is 2.24. The Morgan fingerprint density at radius 3 is 2.26 bits per heavy atom. The van der Waals surface area contributed by atoms with Crippen LogP contribution in [-0.4, -0.2) is 34.2 Å². The van der Waals surface area contributed by atoms with Crippen LogP contribution < -0.4 is 14.8 Å². The molecule has 2 heterocycles. The molecule has 1 aromatic carbocycles. The first-order chi connectivity index (χ1) is 12.9. The minimum atomic E-state index is -0.477. The van der Waals surface area contributed by atoms with Crippen molar-refractivity contribution >= 4 is 21.8 Å². The predicted octanol–water partition coefficient (Wildman–Crippen LogP) is 3.06. The Morgan fingerprint density at radius 2 is 1.78 bits per heavy atom. The van der Waals surface area contributed by atoms with E-state index in [4.69, 9.17) is 9.47 Å².